The Morgan fingerprint density at radius 3 is 2.57 bits per heavy atom. The second-order valence-electron chi connectivity index (χ2n) is 7.18. The molecule has 1 amide bonds. The van der Waals surface area contributed by atoms with Gasteiger partial charge in [0.15, 0.2) is 0 Å². The molecule has 0 aliphatic carbocycles. The maximum Gasteiger partial charge on any atom is 0.308 e. The van der Waals surface area contributed by atoms with Crippen LogP contribution in [0.5, 0.6) is 0 Å². The molecule has 10 heteroatoms. The van der Waals surface area contributed by atoms with Crippen molar-refractivity contribution in [3.8, 4) is 0 Å². The molecule has 0 saturated carbocycles. The molecule has 0 unspecified atom stereocenters. The number of amides is 1. The number of rotatable bonds is 7. The van der Waals surface area contributed by atoms with Gasteiger partial charge in [-0.1, -0.05) is 41.1 Å². The van der Waals surface area contributed by atoms with Gasteiger partial charge in [-0.2, -0.15) is 4.31 Å². The first-order valence-electron chi connectivity index (χ1n) is 9.19. The first-order chi connectivity index (χ1) is 14.1. The summed E-state index contributed by atoms with van der Waals surface area (Å²) in [5.74, 6) is -0.484. The number of nitrogens with zero attached hydrogens (tertiary/aromatic N) is 2. The van der Waals surface area contributed by atoms with Crippen molar-refractivity contribution in [3.05, 3.63) is 62.7 Å². The summed E-state index contributed by atoms with van der Waals surface area (Å²) < 4.78 is 27.9. The molecule has 30 heavy (non-hydrogen) atoms. The molecule has 0 aliphatic heterocycles. The van der Waals surface area contributed by atoms with Crippen LogP contribution >= 0.6 is 22.9 Å². The SMILES string of the molecule is CC(C)n1c(=O)sc2cc(NC(=O)CN(Cc3ccccc3Cl)S(C)(=O)=O)ccc21. The van der Waals surface area contributed by atoms with E-state index in [1.807, 2.05) is 13.8 Å². The fraction of sp³-hybridized carbons (Fsp3) is 0.300. The molecule has 160 valence electrons. The maximum absolute atomic E-state index is 12.5. The molecule has 0 bridgehead atoms. The summed E-state index contributed by atoms with van der Waals surface area (Å²) in [5, 5.41) is 3.14. The van der Waals surface area contributed by atoms with Crippen LogP contribution in [0.15, 0.2) is 47.3 Å². The highest BCUT2D eigenvalue weighted by Gasteiger charge is 2.22. The number of nitrogens with one attached hydrogen (secondary N) is 1. The number of carbonyl (C=O) groups is 1. The third kappa shape index (κ3) is 5.10. The van der Waals surface area contributed by atoms with Crippen LogP contribution in [0.3, 0.4) is 0 Å². The first-order valence-corrected chi connectivity index (χ1v) is 12.2. The van der Waals surface area contributed by atoms with Crippen LogP contribution in [0.1, 0.15) is 25.5 Å². The molecule has 7 nitrogen and oxygen atoms in total. The lowest BCUT2D eigenvalue weighted by atomic mass is 10.2. The predicted octanol–water partition coefficient (Wildman–Crippen LogP) is 3.70. The van der Waals surface area contributed by atoms with E-state index in [4.69, 9.17) is 11.6 Å². The van der Waals surface area contributed by atoms with Crippen LogP contribution in [0.4, 0.5) is 5.69 Å². The Labute approximate surface area is 183 Å². The van der Waals surface area contributed by atoms with Gasteiger partial charge in [-0.3, -0.25) is 14.2 Å². The number of aromatic nitrogens is 1. The minimum Gasteiger partial charge on any atom is -0.325 e. The number of halogens is 1. The van der Waals surface area contributed by atoms with Crippen molar-refractivity contribution < 1.29 is 13.2 Å². The topological polar surface area (TPSA) is 88.5 Å². The number of hydrogen-bond acceptors (Lipinski definition) is 5. The van der Waals surface area contributed by atoms with E-state index >= 15 is 0 Å². The standard InChI is InChI=1S/C20H22ClN3O4S2/c1-13(2)24-17-9-8-15(10-18(17)29-20(24)26)22-19(25)12-23(30(3,27)28)11-14-6-4-5-7-16(14)21/h4-10,13H,11-12H2,1-3H3,(H,22,25). The lowest BCUT2D eigenvalue weighted by Crippen LogP contribution is -2.37. The van der Waals surface area contributed by atoms with E-state index in [1.165, 1.54) is 0 Å². The highest BCUT2D eigenvalue weighted by molar-refractivity contribution is 7.88. The Bertz CT molecular complexity index is 1250. The zero-order valence-electron chi connectivity index (χ0n) is 16.8. The largest absolute Gasteiger partial charge is 0.325 e. The Morgan fingerprint density at radius 2 is 1.93 bits per heavy atom. The monoisotopic (exact) mass is 467 g/mol. The summed E-state index contributed by atoms with van der Waals surface area (Å²) in [6, 6.07) is 12.1. The summed E-state index contributed by atoms with van der Waals surface area (Å²) in [7, 11) is -3.64. The smallest absolute Gasteiger partial charge is 0.308 e. The van der Waals surface area contributed by atoms with Crippen LogP contribution in [0.2, 0.25) is 5.02 Å². The highest BCUT2D eigenvalue weighted by atomic mass is 35.5. The van der Waals surface area contributed by atoms with Gasteiger partial charge in [-0.15, -0.1) is 0 Å². The van der Waals surface area contributed by atoms with Gasteiger partial charge < -0.3 is 5.32 Å². The summed E-state index contributed by atoms with van der Waals surface area (Å²) in [6.45, 7) is 3.50. The molecule has 0 spiro atoms. The van der Waals surface area contributed by atoms with Crippen molar-refractivity contribution in [2.75, 3.05) is 18.1 Å². The van der Waals surface area contributed by atoms with Crippen LogP contribution in [0.25, 0.3) is 10.2 Å². The second kappa shape index (κ2) is 8.89. The van der Waals surface area contributed by atoms with Gasteiger partial charge in [0.25, 0.3) is 0 Å². The fourth-order valence-corrected chi connectivity index (χ4v) is 5.04. The maximum atomic E-state index is 12.5. The average molecular weight is 468 g/mol. The summed E-state index contributed by atoms with van der Waals surface area (Å²) in [4.78, 5) is 24.7. The fourth-order valence-electron chi connectivity index (χ4n) is 3.07. The molecule has 0 radical (unpaired) electrons. The minimum atomic E-state index is -3.64. The average Bonchev–Trinajstić information content (AvgIpc) is 2.97. The molecule has 2 aromatic carbocycles. The normalized spacial score (nSPS) is 12.1. The number of hydrogen-bond donors (Lipinski definition) is 1. The van der Waals surface area contributed by atoms with Crippen molar-refractivity contribution in [2.24, 2.45) is 0 Å². The zero-order valence-corrected chi connectivity index (χ0v) is 19.1. The van der Waals surface area contributed by atoms with Crippen LogP contribution < -0.4 is 10.2 Å². The molecule has 0 aliphatic rings. The van der Waals surface area contributed by atoms with Crippen LogP contribution in [-0.4, -0.2) is 36.0 Å². The van der Waals surface area contributed by atoms with Gasteiger partial charge >= 0.3 is 4.87 Å². The van der Waals surface area contributed by atoms with Crippen LogP contribution in [-0.2, 0) is 21.4 Å². The van der Waals surface area contributed by atoms with Crippen LogP contribution in [0, 0.1) is 0 Å². The van der Waals surface area contributed by atoms with Crippen molar-refractivity contribution >= 4 is 54.8 Å². The second-order valence-corrected chi connectivity index (χ2v) is 10.6. The molecule has 0 saturated heterocycles. The Balaban J connectivity index is 1.78. The van der Waals surface area contributed by atoms with Gasteiger partial charge in [0.05, 0.1) is 23.0 Å². The number of thiazole rings is 1. The lowest BCUT2D eigenvalue weighted by molar-refractivity contribution is -0.116. The van der Waals surface area contributed by atoms with E-state index in [2.05, 4.69) is 5.32 Å². The number of anilines is 1. The molecule has 1 heterocycles. The molecular formula is C20H22ClN3O4S2. The molecule has 1 aromatic heterocycles. The number of sulfonamides is 1. The summed E-state index contributed by atoms with van der Waals surface area (Å²) >= 11 is 7.23. The van der Waals surface area contributed by atoms with Gasteiger partial charge in [0, 0.05) is 23.3 Å². The number of fused-ring (bicyclic) bond motifs is 1. The molecule has 1 N–H and O–H groups in total. The van der Waals surface area contributed by atoms with Crippen molar-refractivity contribution in [2.45, 2.75) is 26.4 Å². The third-order valence-corrected chi connectivity index (χ3v) is 6.99. The summed E-state index contributed by atoms with van der Waals surface area (Å²) in [5.41, 5.74) is 1.91. The van der Waals surface area contributed by atoms with Gasteiger partial charge in [0.1, 0.15) is 0 Å². The van der Waals surface area contributed by atoms with Gasteiger partial charge in [0.2, 0.25) is 15.9 Å². The van der Waals surface area contributed by atoms with Crippen molar-refractivity contribution in [1.29, 1.82) is 0 Å². The van der Waals surface area contributed by atoms with Crippen molar-refractivity contribution in [3.63, 3.8) is 0 Å². The molecular weight excluding hydrogens is 446 g/mol. The number of benzene rings is 2. The quantitative estimate of drug-likeness (QED) is 0.573. The summed E-state index contributed by atoms with van der Waals surface area (Å²) in [6.07, 6.45) is 1.05. The van der Waals surface area contributed by atoms with E-state index in [9.17, 15) is 18.0 Å². The Morgan fingerprint density at radius 1 is 1.23 bits per heavy atom. The molecule has 0 atom stereocenters. The molecule has 3 aromatic rings. The zero-order chi connectivity index (χ0) is 22.1. The minimum absolute atomic E-state index is 0.0101. The first kappa shape index (κ1) is 22.5. The van der Waals surface area contributed by atoms with Crippen molar-refractivity contribution in [1.82, 2.24) is 8.87 Å². The Hall–Kier alpha value is -2.20. The molecule has 3 rings (SSSR count). The predicted molar refractivity (Wildman–Crippen MR) is 122 cm³/mol. The van der Waals surface area contributed by atoms with E-state index < -0.39 is 15.9 Å². The van der Waals surface area contributed by atoms with E-state index in [-0.39, 0.29) is 24.0 Å². The highest BCUT2D eigenvalue weighted by Crippen LogP contribution is 2.24. The van der Waals surface area contributed by atoms with Gasteiger partial charge in [-0.05, 0) is 43.7 Å². The lowest BCUT2D eigenvalue weighted by Gasteiger charge is -2.20. The van der Waals surface area contributed by atoms with E-state index in [0.717, 1.165) is 32.1 Å². The van der Waals surface area contributed by atoms with Gasteiger partial charge in [-0.25, -0.2) is 8.42 Å². The van der Waals surface area contributed by atoms with E-state index in [0.29, 0.717) is 16.3 Å². The number of carbonyl (C=O) groups excluding carboxylic acids is 1. The molecule has 0 fully saturated rings. The third-order valence-electron chi connectivity index (χ3n) is 4.51. The Kier molecular flexibility index (Phi) is 6.66. The van der Waals surface area contributed by atoms with E-state index in [1.54, 1.807) is 47.0 Å².